The Kier molecular flexibility index (Phi) is 11.7. The smallest absolute Gasteiger partial charge is 0.283 e. The SMILES string of the molecule is CCCCCCCCC(CCc1cc(F)cc(F)c1)C(O)(OCC)OCC. The predicted octanol–water partition coefficient (Wildman–Crippen LogP) is 5.98. The van der Waals surface area contributed by atoms with Gasteiger partial charge in [0.05, 0.1) is 0 Å². The largest absolute Gasteiger partial charge is 0.343 e. The molecule has 0 aliphatic carbocycles. The Labute approximate surface area is 163 Å². The zero-order chi connectivity index (χ0) is 20.1. The standard InChI is InChI=1S/C22H36F2O3/c1-4-7-8-9-10-11-12-19(22(25,26-5-2)27-6-3)14-13-18-15-20(23)17-21(24)16-18/h15-17,19,25H,4-14H2,1-3H3. The van der Waals surface area contributed by atoms with Gasteiger partial charge in [-0.25, -0.2) is 8.78 Å². The number of halogens is 2. The van der Waals surface area contributed by atoms with Gasteiger partial charge in [-0.05, 0) is 50.8 Å². The predicted molar refractivity (Wildman–Crippen MR) is 104 cm³/mol. The van der Waals surface area contributed by atoms with E-state index in [0.29, 0.717) is 31.6 Å². The van der Waals surface area contributed by atoms with E-state index in [-0.39, 0.29) is 5.92 Å². The van der Waals surface area contributed by atoms with Crippen molar-refractivity contribution >= 4 is 0 Å². The van der Waals surface area contributed by atoms with E-state index < -0.39 is 17.6 Å². The van der Waals surface area contributed by atoms with Crippen molar-refractivity contribution in [2.45, 2.75) is 84.5 Å². The maximum atomic E-state index is 13.4. The molecule has 0 aliphatic rings. The van der Waals surface area contributed by atoms with Crippen LogP contribution in [0.25, 0.3) is 0 Å². The summed E-state index contributed by atoms with van der Waals surface area (Å²) in [5, 5.41) is 10.9. The molecule has 0 saturated carbocycles. The van der Waals surface area contributed by atoms with Gasteiger partial charge in [-0.2, -0.15) is 0 Å². The summed E-state index contributed by atoms with van der Waals surface area (Å²) < 4.78 is 38.0. The third-order valence-corrected chi connectivity index (χ3v) is 4.83. The first-order chi connectivity index (χ1) is 12.9. The number of ether oxygens (including phenoxy) is 2. The molecule has 0 amide bonds. The summed E-state index contributed by atoms with van der Waals surface area (Å²) in [6, 6.07) is 3.55. The van der Waals surface area contributed by atoms with Crippen molar-refractivity contribution in [2.75, 3.05) is 13.2 Å². The van der Waals surface area contributed by atoms with Crippen LogP contribution in [0.1, 0.15) is 77.7 Å². The van der Waals surface area contributed by atoms with E-state index in [2.05, 4.69) is 6.92 Å². The number of hydrogen-bond acceptors (Lipinski definition) is 3. The molecule has 0 heterocycles. The minimum atomic E-state index is -1.65. The second-order valence-electron chi connectivity index (χ2n) is 7.07. The normalized spacial score (nSPS) is 13.1. The van der Waals surface area contributed by atoms with Gasteiger partial charge in [0.15, 0.2) is 0 Å². The number of aryl methyl sites for hydroxylation is 1. The summed E-state index contributed by atoms with van der Waals surface area (Å²) in [4.78, 5) is 0. The van der Waals surface area contributed by atoms with Crippen LogP contribution in [0, 0.1) is 17.6 Å². The fourth-order valence-corrected chi connectivity index (χ4v) is 3.47. The van der Waals surface area contributed by atoms with Gasteiger partial charge < -0.3 is 14.6 Å². The van der Waals surface area contributed by atoms with Crippen LogP contribution < -0.4 is 0 Å². The van der Waals surface area contributed by atoms with Crippen LogP contribution in [0.3, 0.4) is 0 Å². The summed E-state index contributed by atoms with van der Waals surface area (Å²) in [6.07, 6.45) is 8.67. The Hall–Kier alpha value is -1.04. The van der Waals surface area contributed by atoms with Crippen molar-refractivity contribution in [1.82, 2.24) is 0 Å². The van der Waals surface area contributed by atoms with Gasteiger partial charge >= 0.3 is 0 Å². The van der Waals surface area contributed by atoms with E-state index in [9.17, 15) is 13.9 Å². The molecular formula is C22H36F2O3. The highest BCUT2D eigenvalue weighted by Gasteiger charge is 2.38. The molecule has 0 radical (unpaired) electrons. The van der Waals surface area contributed by atoms with Crippen LogP contribution in [0.5, 0.6) is 0 Å². The van der Waals surface area contributed by atoms with Crippen LogP contribution >= 0.6 is 0 Å². The minimum Gasteiger partial charge on any atom is -0.343 e. The highest BCUT2D eigenvalue weighted by molar-refractivity contribution is 5.18. The molecule has 5 heteroatoms. The van der Waals surface area contributed by atoms with Gasteiger partial charge in [0.1, 0.15) is 11.6 Å². The van der Waals surface area contributed by atoms with Crippen LogP contribution in [-0.2, 0) is 15.9 Å². The van der Waals surface area contributed by atoms with E-state index in [4.69, 9.17) is 9.47 Å². The van der Waals surface area contributed by atoms with Crippen molar-refractivity contribution in [3.05, 3.63) is 35.4 Å². The van der Waals surface area contributed by atoms with Gasteiger partial charge in [-0.1, -0.05) is 45.4 Å². The molecule has 1 unspecified atom stereocenters. The fourth-order valence-electron chi connectivity index (χ4n) is 3.47. The fraction of sp³-hybridized carbons (Fsp3) is 0.727. The van der Waals surface area contributed by atoms with Gasteiger partial charge in [-0.3, -0.25) is 0 Å². The zero-order valence-corrected chi connectivity index (χ0v) is 17.1. The molecule has 0 bridgehead atoms. The molecule has 0 aliphatic heterocycles. The molecule has 3 nitrogen and oxygen atoms in total. The lowest BCUT2D eigenvalue weighted by molar-refractivity contribution is -0.385. The summed E-state index contributed by atoms with van der Waals surface area (Å²) in [5.74, 6) is -3.07. The first-order valence-electron chi connectivity index (χ1n) is 10.4. The highest BCUT2D eigenvalue weighted by atomic mass is 19.1. The highest BCUT2D eigenvalue weighted by Crippen LogP contribution is 2.31. The number of unbranched alkanes of at least 4 members (excludes halogenated alkanes) is 5. The second-order valence-corrected chi connectivity index (χ2v) is 7.07. The molecule has 0 aromatic heterocycles. The topological polar surface area (TPSA) is 38.7 Å². The molecule has 156 valence electrons. The van der Waals surface area contributed by atoms with Crippen molar-refractivity contribution in [2.24, 2.45) is 5.92 Å². The van der Waals surface area contributed by atoms with Crippen LogP contribution in [-0.4, -0.2) is 24.3 Å². The average molecular weight is 387 g/mol. The van der Waals surface area contributed by atoms with E-state index in [1.807, 2.05) is 13.8 Å². The Bertz CT molecular complexity index is 496. The zero-order valence-electron chi connectivity index (χ0n) is 17.1. The van der Waals surface area contributed by atoms with Gasteiger partial charge in [0.2, 0.25) is 0 Å². The van der Waals surface area contributed by atoms with E-state index in [1.165, 1.54) is 37.8 Å². The molecular weight excluding hydrogens is 350 g/mol. The molecule has 1 aromatic carbocycles. The quantitative estimate of drug-likeness (QED) is 0.297. The van der Waals surface area contributed by atoms with Gasteiger partial charge in [-0.15, -0.1) is 0 Å². The molecule has 0 spiro atoms. The van der Waals surface area contributed by atoms with Crippen LogP contribution in [0.4, 0.5) is 8.78 Å². The Morgan fingerprint density at radius 1 is 0.852 bits per heavy atom. The first-order valence-corrected chi connectivity index (χ1v) is 10.4. The third-order valence-electron chi connectivity index (χ3n) is 4.83. The molecule has 1 atom stereocenters. The Morgan fingerprint density at radius 2 is 1.41 bits per heavy atom. The maximum Gasteiger partial charge on any atom is 0.283 e. The Morgan fingerprint density at radius 3 is 1.96 bits per heavy atom. The average Bonchev–Trinajstić information content (AvgIpc) is 2.60. The molecule has 0 fully saturated rings. The van der Waals surface area contributed by atoms with E-state index in [0.717, 1.165) is 25.3 Å². The van der Waals surface area contributed by atoms with Crippen molar-refractivity contribution in [3.63, 3.8) is 0 Å². The van der Waals surface area contributed by atoms with Crippen molar-refractivity contribution in [3.8, 4) is 0 Å². The van der Waals surface area contributed by atoms with Gasteiger partial charge in [0.25, 0.3) is 5.97 Å². The van der Waals surface area contributed by atoms with E-state index in [1.54, 1.807) is 0 Å². The summed E-state index contributed by atoms with van der Waals surface area (Å²) >= 11 is 0. The van der Waals surface area contributed by atoms with E-state index >= 15 is 0 Å². The third kappa shape index (κ3) is 9.13. The molecule has 1 aromatic rings. The molecule has 1 rings (SSSR count). The molecule has 1 N–H and O–H groups in total. The number of rotatable bonds is 15. The van der Waals surface area contributed by atoms with Gasteiger partial charge in [0, 0.05) is 25.2 Å². The maximum absolute atomic E-state index is 13.4. The Balaban J connectivity index is 2.72. The summed E-state index contributed by atoms with van der Waals surface area (Å²) in [5.41, 5.74) is 0.579. The first kappa shape index (κ1) is 24.0. The lowest BCUT2D eigenvalue weighted by Gasteiger charge is -2.35. The van der Waals surface area contributed by atoms with Crippen molar-refractivity contribution in [1.29, 1.82) is 0 Å². The van der Waals surface area contributed by atoms with Crippen LogP contribution in [0.2, 0.25) is 0 Å². The second kappa shape index (κ2) is 13.2. The number of aliphatic hydroxyl groups is 1. The van der Waals surface area contributed by atoms with Crippen LogP contribution in [0.15, 0.2) is 18.2 Å². The molecule has 0 saturated heterocycles. The number of hydrogen-bond donors (Lipinski definition) is 1. The van der Waals surface area contributed by atoms with Crippen molar-refractivity contribution < 1.29 is 23.4 Å². The molecule has 27 heavy (non-hydrogen) atoms. The lowest BCUT2D eigenvalue weighted by atomic mass is 9.91. The summed E-state index contributed by atoms with van der Waals surface area (Å²) in [6.45, 7) is 6.48. The lowest BCUT2D eigenvalue weighted by Crippen LogP contribution is -2.44. The monoisotopic (exact) mass is 386 g/mol. The summed E-state index contributed by atoms with van der Waals surface area (Å²) in [7, 11) is 0. The number of benzene rings is 1. The minimum absolute atomic E-state index is 0.255.